The van der Waals surface area contributed by atoms with E-state index < -0.39 is 47.5 Å². The summed E-state index contributed by atoms with van der Waals surface area (Å²) in [4.78, 5) is 51.5. The van der Waals surface area contributed by atoms with Crippen LogP contribution in [0.3, 0.4) is 0 Å². The highest BCUT2D eigenvalue weighted by Gasteiger charge is 2.29. The molecule has 1 aromatic heterocycles. The first-order valence-corrected chi connectivity index (χ1v) is 12.8. The van der Waals surface area contributed by atoms with Crippen molar-refractivity contribution in [1.82, 2.24) is 36.3 Å². The number of aryl methyl sites for hydroxylation is 1. The maximum atomic E-state index is 13.1. The average Bonchev–Trinajstić information content (AvgIpc) is 3.35. The monoisotopic (exact) mass is 543 g/mol. The van der Waals surface area contributed by atoms with Crippen molar-refractivity contribution in [1.29, 1.82) is 0 Å². The molecule has 13 heteroatoms. The normalized spacial score (nSPS) is 20.6. The Balaban J connectivity index is 1.95. The molecule has 3 rings (SSSR count). The molecule has 39 heavy (non-hydrogen) atoms. The number of carbonyl (C=O) groups excluding carboxylic acids is 4. The van der Waals surface area contributed by atoms with Gasteiger partial charge >= 0.3 is 6.09 Å². The fourth-order valence-corrected chi connectivity index (χ4v) is 4.07. The average molecular weight is 544 g/mol. The quantitative estimate of drug-likeness (QED) is 0.451. The van der Waals surface area contributed by atoms with Crippen LogP contribution in [-0.4, -0.2) is 70.7 Å². The van der Waals surface area contributed by atoms with E-state index in [0.717, 1.165) is 0 Å². The molecule has 0 aliphatic carbocycles. The molecule has 1 aliphatic heterocycles. The third-order valence-electron chi connectivity index (χ3n) is 6.06. The number of alkyl carbamates (subject to hydrolysis) is 1. The lowest BCUT2D eigenvalue weighted by Crippen LogP contribution is -2.54. The lowest BCUT2D eigenvalue weighted by Gasteiger charge is -2.25. The van der Waals surface area contributed by atoms with Crippen molar-refractivity contribution in [2.24, 2.45) is 0 Å². The summed E-state index contributed by atoms with van der Waals surface area (Å²) in [5, 5.41) is 19.0. The summed E-state index contributed by atoms with van der Waals surface area (Å²) in [6.45, 7) is 7.19. The van der Waals surface area contributed by atoms with Crippen molar-refractivity contribution in [2.75, 3.05) is 14.2 Å². The molecule has 2 aromatic rings. The number of carbonyl (C=O) groups is 4. The first-order chi connectivity index (χ1) is 18.4. The maximum absolute atomic E-state index is 13.1. The summed E-state index contributed by atoms with van der Waals surface area (Å²) < 4.78 is 12.5. The highest BCUT2D eigenvalue weighted by atomic mass is 16.6. The molecule has 4 N–H and O–H groups in total. The van der Waals surface area contributed by atoms with Crippen LogP contribution in [0.25, 0.3) is 11.3 Å². The van der Waals surface area contributed by atoms with Crippen molar-refractivity contribution >= 4 is 23.8 Å². The third kappa shape index (κ3) is 7.91. The van der Waals surface area contributed by atoms with Crippen LogP contribution in [0.5, 0.6) is 5.75 Å². The number of aromatic nitrogens is 3. The SMILES string of the molecule is CNC(=O)[C@H]1NC(=O)[C@@H](C)NC(=O)[C@@H](NC(=O)OC(C)(C)C)CCCCn2cc(nn2)-c2cc1ccc2OC. The van der Waals surface area contributed by atoms with Crippen LogP contribution < -0.4 is 26.0 Å². The number of amides is 4. The van der Waals surface area contributed by atoms with E-state index in [1.165, 1.54) is 21.1 Å². The maximum Gasteiger partial charge on any atom is 0.408 e. The Bertz CT molecular complexity index is 1210. The van der Waals surface area contributed by atoms with Crippen LogP contribution in [-0.2, 0) is 25.7 Å². The van der Waals surface area contributed by atoms with E-state index in [2.05, 4.69) is 31.6 Å². The molecule has 0 radical (unpaired) electrons. The number of methoxy groups -OCH3 is 1. The first kappa shape index (κ1) is 29.4. The minimum atomic E-state index is -1.06. The zero-order valence-electron chi connectivity index (χ0n) is 23.2. The van der Waals surface area contributed by atoms with E-state index in [1.54, 1.807) is 49.8 Å². The van der Waals surface area contributed by atoms with Gasteiger partial charge in [0.25, 0.3) is 0 Å². The van der Waals surface area contributed by atoms with Crippen molar-refractivity contribution in [3.63, 3.8) is 0 Å². The molecule has 0 saturated carbocycles. The molecule has 13 nitrogen and oxygen atoms in total. The Morgan fingerprint density at radius 3 is 2.54 bits per heavy atom. The highest BCUT2D eigenvalue weighted by Crippen LogP contribution is 2.31. The molecule has 4 bridgehead atoms. The van der Waals surface area contributed by atoms with Crippen molar-refractivity contribution < 1.29 is 28.7 Å². The highest BCUT2D eigenvalue weighted by molar-refractivity contribution is 5.94. The van der Waals surface area contributed by atoms with Gasteiger partial charge < -0.3 is 30.7 Å². The molecule has 2 heterocycles. The molecule has 1 aliphatic rings. The molecule has 0 fully saturated rings. The van der Waals surface area contributed by atoms with Gasteiger partial charge in [-0.2, -0.15) is 0 Å². The number of fused-ring (bicyclic) bond motifs is 5. The summed E-state index contributed by atoms with van der Waals surface area (Å²) >= 11 is 0. The Labute approximate surface area is 227 Å². The number of ether oxygens (including phenoxy) is 2. The van der Waals surface area contributed by atoms with E-state index in [0.29, 0.717) is 48.4 Å². The van der Waals surface area contributed by atoms with Gasteiger partial charge in [0.1, 0.15) is 35.2 Å². The van der Waals surface area contributed by atoms with E-state index >= 15 is 0 Å². The van der Waals surface area contributed by atoms with Crippen LogP contribution in [0.4, 0.5) is 4.79 Å². The summed E-state index contributed by atoms with van der Waals surface area (Å²) in [6.07, 6.45) is 2.55. The summed E-state index contributed by atoms with van der Waals surface area (Å²) in [6, 6.07) is 2.08. The molecule has 0 saturated heterocycles. The predicted molar refractivity (Wildman–Crippen MR) is 142 cm³/mol. The lowest BCUT2D eigenvalue weighted by molar-refractivity contribution is -0.132. The van der Waals surface area contributed by atoms with E-state index in [1.807, 2.05) is 0 Å². The minimum absolute atomic E-state index is 0.302. The fourth-order valence-electron chi connectivity index (χ4n) is 4.07. The molecule has 1 aromatic carbocycles. The molecule has 4 amide bonds. The molecule has 0 unspecified atom stereocenters. The van der Waals surface area contributed by atoms with Crippen molar-refractivity contribution in [2.45, 2.75) is 77.2 Å². The van der Waals surface area contributed by atoms with E-state index in [-0.39, 0.29) is 0 Å². The van der Waals surface area contributed by atoms with Gasteiger partial charge in [0, 0.05) is 19.2 Å². The number of nitrogens with one attached hydrogen (secondary N) is 4. The van der Waals surface area contributed by atoms with Gasteiger partial charge in [-0.3, -0.25) is 19.1 Å². The second-order valence-electron chi connectivity index (χ2n) is 10.3. The number of benzene rings is 1. The molecular formula is C26H37N7O6. The number of hydrogen-bond acceptors (Lipinski definition) is 8. The second kappa shape index (κ2) is 12.6. The predicted octanol–water partition coefficient (Wildman–Crippen LogP) is 1.44. The largest absolute Gasteiger partial charge is 0.496 e. The van der Waals surface area contributed by atoms with Crippen LogP contribution in [0.15, 0.2) is 24.4 Å². The molecule has 3 atom stereocenters. The van der Waals surface area contributed by atoms with Gasteiger partial charge in [0.05, 0.1) is 13.3 Å². The zero-order valence-corrected chi connectivity index (χ0v) is 23.2. The number of likely N-dealkylation sites (N-methyl/N-ethyl adjacent to an activating group) is 1. The van der Waals surface area contributed by atoms with Crippen LogP contribution in [0.1, 0.15) is 58.6 Å². The topological polar surface area (TPSA) is 166 Å². The first-order valence-electron chi connectivity index (χ1n) is 12.8. The van der Waals surface area contributed by atoms with Gasteiger partial charge in [-0.05, 0) is 64.7 Å². The van der Waals surface area contributed by atoms with Gasteiger partial charge in [0.15, 0.2) is 0 Å². The second-order valence-corrected chi connectivity index (χ2v) is 10.3. The third-order valence-corrected chi connectivity index (χ3v) is 6.06. The Kier molecular flexibility index (Phi) is 9.49. The van der Waals surface area contributed by atoms with Crippen LogP contribution >= 0.6 is 0 Å². The smallest absolute Gasteiger partial charge is 0.408 e. The number of hydrogen-bond donors (Lipinski definition) is 4. The standard InChI is InChI=1S/C26H37N7O6/c1-15-22(34)30-21(24(36)27-5)16-10-11-20(38-6)17(13-16)19-14-33(32-31-19)12-8-7-9-18(23(35)28-15)29-25(37)39-26(2,3)4/h10-11,13-15,18,21H,7-9,12H2,1-6H3,(H,27,36)(H,28,35)(H,29,37)(H,30,34)/t15-,18+,21+/m1/s1. The number of nitrogens with zero attached hydrogens (tertiary/aromatic N) is 3. The summed E-state index contributed by atoms with van der Waals surface area (Å²) in [5.74, 6) is -1.05. The molecule has 0 spiro atoms. The number of rotatable bonds is 3. The Hall–Kier alpha value is -4.16. The lowest BCUT2D eigenvalue weighted by atomic mass is 10.0. The Morgan fingerprint density at radius 1 is 1.13 bits per heavy atom. The summed E-state index contributed by atoms with van der Waals surface area (Å²) in [7, 11) is 2.99. The minimum Gasteiger partial charge on any atom is -0.496 e. The van der Waals surface area contributed by atoms with E-state index in [9.17, 15) is 19.2 Å². The van der Waals surface area contributed by atoms with Gasteiger partial charge in [-0.1, -0.05) is 11.3 Å². The summed E-state index contributed by atoms with van der Waals surface area (Å²) in [5.41, 5.74) is 0.885. The van der Waals surface area contributed by atoms with Crippen LogP contribution in [0, 0.1) is 0 Å². The fraction of sp³-hybridized carbons (Fsp3) is 0.538. The van der Waals surface area contributed by atoms with E-state index in [4.69, 9.17) is 9.47 Å². The molecular weight excluding hydrogens is 506 g/mol. The van der Waals surface area contributed by atoms with Gasteiger partial charge in [0.2, 0.25) is 17.7 Å². The van der Waals surface area contributed by atoms with Gasteiger partial charge in [-0.15, -0.1) is 5.10 Å². The van der Waals surface area contributed by atoms with Crippen molar-refractivity contribution in [3.8, 4) is 17.0 Å². The van der Waals surface area contributed by atoms with Gasteiger partial charge in [-0.25, -0.2) is 4.79 Å². The van der Waals surface area contributed by atoms with Crippen molar-refractivity contribution in [3.05, 3.63) is 30.0 Å². The van der Waals surface area contributed by atoms with Crippen LogP contribution in [0.2, 0.25) is 0 Å². The Morgan fingerprint density at radius 2 is 1.87 bits per heavy atom. The molecule has 212 valence electrons. The zero-order chi connectivity index (χ0) is 28.7.